The van der Waals surface area contributed by atoms with E-state index in [4.69, 9.17) is 15.2 Å². The van der Waals surface area contributed by atoms with Crippen LogP contribution in [-0.2, 0) is 29.0 Å². The highest BCUT2D eigenvalue weighted by atomic mass is 16.5. The number of methoxy groups -OCH3 is 1. The molecule has 9 nitrogen and oxygen atoms in total. The van der Waals surface area contributed by atoms with Crippen LogP contribution in [0.1, 0.15) is 33.5 Å². The fourth-order valence-corrected chi connectivity index (χ4v) is 4.41. The van der Waals surface area contributed by atoms with Crippen LogP contribution in [0, 0.1) is 0 Å². The molecule has 0 aliphatic carbocycles. The summed E-state index contributed by atoms with van der Waals surface area (Å²) in [7, 11) is 1.58. The fraction of sp³-hybridized carbons (Fsp3) is 0.206. The Morgan fingerprint density at radius 3 is 2.12 bits per heavy atom. The van der Waals surface area contributed by atoms with Gasteiger partial charge in [-0.3, -0.25) is 9.59 Å². The van der Waals surface area contributed by atoms with Gasteiger partial charge in [0.25, 0.3) is 5.91 Å². The van der Waals surface area contributed by atoms with E-state index in [0.717, 1.165) is 16.7 Å². The minimum atomic E-state index is -1.13. The molecule has 222 valence electrons. The molecule has 4 rings (SSSR count). The van der Waals surface area contributed by atoms with Gasteiger partial charge in [-0.2, -0.15) is 0 Å². The number of ether oxygens (including phenoxy) is 2. The van der Waals surface area contributed by atoms with Gasteiger partial charge in [-0.1, -0.05) is 72.8 Å². The number of anilines is 1. The molecule has 0 heterocycles. The van der Waals surface area contributed by atoms with Crippen molar-refractivity contribution in [1.82, 2.24) is 5.32 Å². The second-order valence-electron chi connectivity index (χ2n) is 10.0. The van der Waals surface area contributed by atoms with Gasteiger partial charge in [0.2, 0.25) is 5.91 Å². The zero-order valence-corrected chi connectivity index (χ0v) is 23.9. The van der Waals surface area contributed by atoms with Crippen LogP contribution in [-0.4, -0.2) is 42.1 Å². The number of aliphatic carboxylic acids is 1. The summed E-state index contributed by atoms with van der Waals surface area (Å²) in [5, 5.41) is 15.2. The monoisotopic (exact) mass is 581 g/mol. The van der Waals surface area contributed by atoms with Crippen molar-refractivity contribution in [2.75, 3.05) is 12.4 Å². The minimum Gasteiger partial charge on any atom is -0.497 e. The van der Waals surface area contributed by atoms with Gasteiger partial charge in [-0.05, 0) is 66.3 Å². The molecular weight excluding hydrogens is 546 g/mol. The van der Waals surface area contributed by atoms with E-state index in [1.807, 2.05) is 72.8 Å². The number of hydrogen-bond acceptors (Lipinski definition) is 6. The molecule has 0 fully saturated rings. The third kappa shape index (κ3) is 9.17. The summed E-state index contributed by atoms with van der Waals surface area (Å²) in [6.45, 7) is 0.182. The van der Waals surface area contributed by atoms with E-state index in [1.165, 1.54) is 12.1 Å². The van der Waals surface area contributed by atoms with Crippen molar-refractivity contribution in [3.8, 4) is 11.5 Å². The molecule has 5 N–H and O–H groups in total. The number of carboxylic acid groups (broad SMARTS) is 1. The van der Waals surface area contributed by atoms with Crippen molar-refractivity contribution in [2.45, 2.75) is 38.0 Å². The lowest BCUT2D eigenvalue weighted by Crippen LogP contribution is -2.41. The third-order valence-corrected chi connectivity index (χ3v) is 6.86. The van der Waals surface area contributed by atoms with Gasteiger partial charge >= 0.3 is 5.97 Å². The van der Waals surface area contributed by atoms with E-state index >= 15 is 0 Å². The van der Waals surface area contributed by atoms with Gasteiger partial charge in [-0.15, -0.1) is 0 Å². The van der Waals surface area contributed by atoms with Gasteiger partial charge in [0.05, 0.1) is 18.8 Å². The quantitative estimate of drug-likeness (QED) is 0.171. The Hall–Kier alpha value is -5.15. The molecule has 0 saturated heterocycles. The number of amides is 2. The maximum absolute atomic E-state index is 13.1. The standard InChI is InChI=1S/C34H35N3O6/c1-42-27-16-12-24(13-17-27)20-28(35)33(39)36-29-19-15-26(21-31(29)43-22-25-10-6-3-7-11-25)32(38)37-30(34(40)41)18-14-23-8-4-2-5-9-23/h2-13,15-17,19,21,28,30H,14,18,20,22,35H2,1H3,(H,36,39)(H,37,38)(H,40,41)/t28-,30-/m0/s1. The average Bonchev–Trinajstić information content (AvgIpc) is 3.03. The molecule has 4 aromatic rings. The van der Waals surface area contributed by atoms with Gasteiger partial charge in [0.1, 0.15) is 24.1 Å². The van der Waals surface area contributed by atoms with Crippen molar-refractivity contribution in [2.24, 2.45) is 5.73 Å². The summed E-state index contributed by atoms with van der Waals surface area (Å²) in [6.07, 6.45) is 1.02. The Balaban J connectivity index is 1.48. The normalized spacial score (nSPS) is 12.0. The van der Waals surface area contributed by atoms with Crippen LogP contribution in [0.5, 0.6) is 11.5 Å². The minimum absolute atomic E-state index is 0.182. The number of hydrogen-bond donors (Lipinski definition) is 4. The van der Waals surface area contributed by atoms with Crippen LogP contribution in [0.4, 0.5) is 5.69 Å². The molecule has 4 aromatic carbocycles. The number of carboxylic acids is 1. The summed E-state index contributed by atoms with van der Waals surface area (Å²) in [5.41, 5.74) is 9.47. The molecule has 0 radical (unpaired) electrons. The van der Waals surface area contributed by atoms with Crippen molar-refractivity contribution in [1.29, 1.82) is 0 Å². The zero-order valence-electron chi connectivity index (χ0n) is 23.9. The van der Waals surface area contributed by atoms with E-state index in [1.54, 1.807) is 25.3 Å². The lowest BCUT2D eigenvalue weighted by atomic mass is 10.0. The first-order valence-electron chi connectivity index (χ1n) is 13.9. The molecular formula is C34H35N3O6. The van der Waals surface area contributed by atoms with Crippen LogP contribution in [0.3, 0.4) is 0 Å². The summed E-state index contributed by atoms with van der Waals surface area (Å²) in [6, 6.07) is 28.8. The van der Waals surface area contributed by atoms with E-state index < -0.39 is 29.9 Å². The molecule has 0 aliphatic heterocycles. The number of nitrogens with one attached hydrogen (secondary N) is 2. The molecule has 2 atom stereocenters. The lowest BCUT2D eigenvalue weighted by Gasteiger charge is -2.18. The van der Waals surface area contributed by atoms with Crippen molar-refractivity contribution < 1.29 is 29.0 Å². The van der Waals surface area contributed by atoms with Gasteiger partial charge < -0.3 is 30.9 Å². The number of carbonyl (C=O) groups is 3. The first kappa shape index (κ1) is 30.8. The first-order chi connectivity index (χ1) is 20.8. The number of rotatable bonds is 14. The smallest absolute Gasteiger partial charge is 0.326 e. The van der Waals surface area contributed by atoms with Crippen LogP contribution in [0.25, 0.3) is 0 Å². The predicted octanol–water partition coefficient (Wildman–Crippen LogP) is 4.60. The van der Waals surface area contributed by atoms with Crippen LogP contribution in [0.2, 0.25) is 0 Å². The molecule has 0 saturated carbocycles. The van der Waals surface area contributed by atoms with E-state index in [-0.39, 0.29) is 24.3 Å². The predicted molar refractivity (Wildman–Crippen MR) is 164 cm³/mol. The second-order valence-corrected chi connectivity index (χ2v) is 10.0. The number of carbonyl (C=O) groups excluding carboxylic acids is 2. The topological polar surface area (TPSA) is 140 Å². The fourth-order valence-electron chi connectivity index (χ4n) is 4.41. The maximum Gasteiger partial charge on any atom is 0.326 e. The van der Waals surface area contributed by atoms with Crippen LogP contribution < -0.4 is 25.8 Å². The van der Waals surface area contributed by atoms with E-state index in [2.05, 4.69) is 10.6 Å². The lowest BCUT2D eigenvalue weighted by molar-refractivity contribution is -0.139. The highest BCUT2D eigenvalue weighted by molar-refractivity contribution is 6.00. The second kappa shape index (κ2) is 15.2. The van der Waals surface area contributed by atoms with Gasteiger partial charge in [0, 0.05) is 5.56 Å². The van der Waals surface area contributed by atoms with Crippen LogP contribution in [0.15, 0.2) is 103 Å². The molecule has 0 bridgehead atoms. The van der Waals surface area contributed by atoms with E-state index in [0.29, 0.717) is 24.3 Å². The summed E-state index contributed by atoms with van der Waals surface area (Å²) < 4.78 is 11.2. The maximum atomic E-state index is 13.1. The Kier molecular flexibility index (Phi) is 10.9. The van der Waals surface area contributed by atoms with Crippen molar-refractivity contribution >= 4 is 23.5 Å². The highest BCUT2D eigenvalue weighted by Crippen LogP contribution is 2.28. The van der Waals surface area contributed by atoms with Gasteiger partial charge in [0.15, 0.2) is 0 Å². The zero-order chi connectivity index (χ0) is 30.6. The summed E-state index contributed by atoms with van der Waals surface area (Å²) in [5.74, 6) is -1.17. The van der Waals surface area contributed by atoms with Gasteiger partial charge in [-0.25, -0.2) is 4.79 Å². The molecule has 43 heavy (non-hydrogen) atoms. The summed E-state index contributed by atoms with van der Waals surface area (Å²) in [4.78, 5) is 38.1. The highest BCUT2D eigenvalue weighted by Gasteiger charge is 2.22. The molecule has 0 spiro atoms. The van der Waals surface area contributed by atoms with Crippen LogP contribution >= 0.6 is 0 Å². The molecule has 0 aliphatic rings. The Bertz CT molecular complexity index is 1510. The average molecular weight is 582 g/mol. The largest absolute Gasteiger partial charge is 0.497 e. The van der Waals surface area contributed by atoms with Crippen molar-refractivity contribution in [3.05, 3.63) is 125 Å². The molecule has 0 aromatic heterocycles. The summed E-state index contributed by atoms with van der Waals surface area (Å²) >= 11 is 0. The Labute approximate surface area is 250 Å². The Morgan fingerprint density at radius 1 is 0.837 bits per heavy atom. The first-order valence-corrected chi connectivity index (χ1v) is 13.9. The molecule has 9 heteroatoms. The number of benzene rings is 4. The number of nitrogens with two attached hydrogens (primary N) is 1. The van der Waals surface area contributed by atoms with E-state index in [9.17, 15) is 19.5 Å². The molecule has 2 amide bonds. The van der Waals surface area contributed by atoms with Crippen molar-refractivity contribution in [3.63, 3.8) is 0 Å². The molecule has 0 unspecified atom stereocenters. The Morgan fingerprint density at radius 2 is 1.49 bits per heavy atom. The number of aryl methyl sites for hydroxylation is 1. The SMILES string of the molecule is COc1ccc(C[C@H](N)C(=O)Nc2ccc(C(=O)N[C@@H](CCc3ccccc3)C(=O)O)cc2OCc2ccccc2)cc1. The third-order valence-electron chi connectivity index (χ3n) is 6.86.